The summed E-state index contributed by atoms with van der Waals surface area (Å²) in [7, 11) is 0. The van der Waals surface area contributed by atoms with Gasteiger partial charge >= 0.3 is 0 Å². The van der Waals surface area contributed by atoms with Gasteiger partial charge < -0.3 is 29.7 Å². The predicted octanol–water partition coefficient (Wildman–Crippen LogP) is 3.76. The van der Waals surface area contributed by atoms with Gasteiger partial charge in [-0.2, -0.15) is 0 Å². The summed E-state index contributed by atoms with van der Waals surface area (Å²) in [4.78, 5) is 2.04. The highest BCUT2D eigenvalue weighted by Gasteiger charge is 2.03. The van der Waals surface area contributed by atoms with Crippen LogP contribution in [-0.2, 0) is 25.7 Å². The summed E-state index contributed by atoms with van der Waals surface area (Å²) in [5, 5.41) is 0. The topological polar surface area (TPSA) is 17.3 Å². The monoisotopic (exact) mass is 342 g/mol. The third-order valence-corrected chi connectivity index (χ3v) is 3.51. The second-order valence-electron chi connectivity index (χ2n) is 4.76. The first-order valence-electron chi connectivity index (χ1n) is 7.46. The van der Waals surface area contributed by atoms with Crippen molar-refractivity contribution in [3.63, 3.8) is 0 Å². The summed E-state index contributed by atoms with van der Waals surface area (Å²) in [6, 6.07) is 20.5. The van der Waals surface area contributed by atoms with E-state index in [9.17, 15) is 0 Å². The molecule has 0 aliphatic rings. The Balaban J connectivity index is 0.000000463. The van der Waals surface area contributed by atoms with Crippen LogP contribution in [0.3, 0.4) is 0 Å². The lowest BCUT2D eigenvalue weighted by molar-refractivity contribution is 0.421. The van der Waals surface area contributed by atoms with Gasteiger partial charge in [0.2, 0.25) is 0 Å². The third kappa shape index (κ3) is 8.27. The molecule has 0 fully saturated rings. The molecule has 2 aromatic carbocycles. The summed E-state index contributed by atoms with van der Waals surface area (Å²) in [5.74, 6) is 0. The fourth-order valence-electron chi connectivity index (χ4n) is 1.94. The predicted molar refractivity (Wildman–Crippen MR) is 108 cm³/mol. The Morgan fingerprint density at radius 1 is 0.913 bits per heavy atom. The van der Waals surface area contributed by atoms with Gasteiger partial charge in [-0.05, 0) is 11.1 Å². The first kappa shape index (κ1) is 19.0. The van der Waals surface area contributed by atoms with Crippen molar-refractivity contribution in [2.45, 2.75) is 26.9 Å². The quantitative estimate of drug-likeness (QED) is 0.365. The van der Waals surface area contributed by atoms with Gasteiger partial charge in [0.05, 0.1) is 0 Å². The lowest BCUT2D eigenvalue weighted by Gasteiger charge is -2.28. The van der Waals surface area contributed by atoms with Crippen LogP contribution in [0.2, 0.25) is 0 Å². The maximum Gasteiger partial charge on any atom is 0.265 e. The first-order valence-corrected chi connectivity index (χ1v) is 8.28. The highest BCUT2D eigenvalue weighted by atomic mass is 32.1. The van der Waals surface area contributed by atoms with Crippen molar-refractivity contribution in [1.29, 1.82) is 0 Å². The molecule has 2 nitrogen and oxygen atoms in total. The van der Waals surface area contributed by atoms with Gasteiger partial charge in [0, 0.05) is 26.9 Å². The van der Waals surface area contributed by atoms with Crippen LogP contribution in [-0.4, -0.2) is 21.6 Å². The van der Waals surface area contributed by atoms with E-state index in [-0.39, 0.29) is 0 Å². The van der Waals surface area contributed by atoms with Crippen LogP contribution < -0.4 is 4.67 Å². The van der Waals surface area contributed by atoms with E-state index in [1.54, 1.807) is 12.4 Å². The Bertz CT molecular complexity index is 585. The molecular weight excluding hydrogens is 320 g/mol. The molecule has 0 heterocycles. The lowest BCUT2D eigenvalue weighted by atomic mass is 10.2. The second kappa shape index (κ2) is 11.6. The van der Waals surface area contributed by atoms with Crippen molar-refractivity contribution in [3.8, 4) is 0 Å². The Morgan fingerprint density at radius 3 is 1.57 bits per heavy atom. The van der Waals surface area contributed by atoms with E-state index in [1.165, 1.54) is 11.1 Å². The van der Waals surface area contributed by atoms with Gasteiger partial charge in [-0.15, -0.1) is 4.67 Å². The van der Waals surface area contributed by atoms with E-state index >= 15 is 0 Å². The highest BCUT2D eigenvalue weighted by Crippen LogP contribution is 2.10. The van der Waals surface area contributed by atoms with Gasteiger partial charge in [0.15, 0.2) is 0 Å². The van der Waals surface area contributed by atoms with E-state index in [0.29, 0.717) is 4.32 Å². The lowest BCUT2D eigenvalue weighted by Crippen LogP contribution is -2.26. The number of hydrogen-bond acceptors (Lipinski definition) is 2. The van der Waals surface area contributed by atoms with Crippen LogP contribution in [0.5, 0.6) is 0 Å². The number of nitrogens with zero attached hydrogens (tertiary/aromatic N) is 2. The molecular formula is C19H22N2S2. The minimum absolute atomic E-state index is 0.516. The molecule has 4 heteroatoms. The summed E-state index contributed by atoms with van der Waals surface area (Å²) < 4.78 is 4.24. The van der Waals surface area contributed by atoms with Crippen molar-refractivity contribution >= 4 is 41.6 Å². The largest absolute Gasteiger partial charge is 0.411 e. The Labute approximate surface area is 150 Å². The van der Waals surface area contributed by atoms with E-state index in [2.05, 4.69) is 28.9 Å². The van der Waals surface area contributed by atoms with Crippen LogP contribution >= 0.6 is 12.2 Å². The summed E-state index contributed by atoms with van der Waals surface area (Å²) >= 11 is 10.3. The molecule has 0 amide bonds. The van der Waals surface area contributed by atoms with Crippen LogP contribution in [0.4, 0.5) is 0 Å². The molecule has 0 N–H and O–H groups in total. The fourth-order valence-corrected chi connectivity index (χ4v) is 2.20. The van der Waals surface area contributed by atoms with E-state index in [1.807, 2.05) is 55.1 Å². The summed E-state index contributed by atoms with van der Waals surface area (Å²) in [6.07, 6.45) is 3.50. The van der Waals surface area contributed by atoms with Crippen molar-refractivity contribution < 1.29 is 0 Å². The van der Waals surface area contributed by atoms with Crippen LogP contribution in [0.15, 0.2) is 60.7 Å². The fraction of sp³-hybridized carbons (Fsp3) is 0.211. The number of thiocarbonyl (C=S) groups is 1. The molecule has 2 rings (SSSR count). The molecule has 23 heavy (non-hydrogen) atoms. The third-order valence-electron chi connectivity index (χ3n) is 2.99. The zero-order chi connectivity index (χ0) is 16.9. The zero-order valence-corrected chi connectivity index (χ0v) is 15.2. The summed E-state index contributed by atoms with van der Waals surface area (Å²) in [6.45, 7) is 5.30. The molecule has 0 bridgehead atoms. The number of hydrogen-bond donors (Lipinski definition) is 0. The van der Waals surface area contributed by atoms with Crippen LogP contribution in [0.25, 0.3) is 0 Å². The van der Waals surface area contributed by atoms with Gasteiger partial charge in [0.25, 0.3) is 12.4 Å². The normalized spacial score (nSPS) is 8.96. The van der Waals surface area contributed by atoms with Crippen LogP contribution in [0.1, 0.15) is 25.0 Å². The zero-order valence-electron chi connectivity index (χ0n) is 13.6. The van der Waals surface area contributed by atoms with Gasteiger partial charge in [-0.25, -0.2) is 0 Å². The second-order valence-corrected chi connectivity index (χ2v) is 5.79. The van der Waals surface area contributed by atoms with Gasteiger partial charge in [-0.3, -0.25) is 0 Å². The Morgan fingerprint density at radius 2 is 1.30 bits per heavy atom. The van der Waals surface area contributed by atoms with Crippen molar-refractivity contribution in [1.82, 2.24) is 9.57 Å². The average molecular weight is 343 g/mol. The molecule has 0 aromatic heterocycles. The number of benzene rings is 2. The van der Waals surface area contributed by atoms with Gasteiger partial charge in [0.1, 0.15) is 0 Å². The Kier molecular flexibility index (Phi) is 9.57. The molecule has 0 aliphatic heterocycles. The molecule has 0 radical (unpaired) electrons. The molecule has 0 saturated carbocycles. The minimum Gasteiger partial charge on any atom is -0.411 e. The first-order chi connectivity index (χ1) is 11.2. The molecule has 120 valence electrons. The van der Waals surface area contributed by atoms with E-state index < -0.39 is 0 Å². The molecule has 0 saturated heterocycles. The highest BCUT2D eigenvalue weighted by molar-refractivity contribution is 8.00. The van der Waals surface area contributed by atoms with Crippen molar-refractivity contribution in [2.75, 3.05) is 0 Å². The average Bonchev–Trinajstić information content (AvgIpc) is 2.57. The molecule has 0 spiro atoms. The standard InChI is InChI=1S/C15H15NS2.C4H8N/c17-15(18)16(11-13-7-3-1-4-8-13)12-14-9-5-2-6-10-14;1-3-5-4-2/h1-10H,11-12H2,(H,17,18);3-4H,1-2H3/q;+1/p-1. The maximum absolute atomic E-state index is 5.16. The minimum atomic E-state index is 0.516. The van der Waals surface area contributed by atoms with E-state index in [4.69, 9.17) is 24.8 Å². The SMILES string of the molecule is CC=[N+]=CC.S=C([S-])N(Cc1ccccc1)Cc1ccccc1. The molecule has 0 aliphatic carbocycles. The van der Waals surface area contributed by atoms with Gasteiger partial charge in [-0.1, -0.05) is 65.0 Å². The molecule has 0 atom stereocenters. The number of rotatable bonds is 4. The maximum atomic E-state index is 5.16. The Hall–Kier alpha value is -2.00. The van der Waals surface area contributed by atoms with Crippen molar-refractivity contribution in [2.24, 2.45) is 0 Å². The van der Waals surface area contributed by atoms with Crippen molar-refractivity contribution in [3.05, 3.63) is 71.8 Å². The smallest absolute Gasteiger partial charge is 0.265 e. The molecule has 0 unspecified atom stereocenters. The summed E-state index contributed by atoms with van der Waals surface area (Å²) in [5.41, 5.74) is 2.45. The van der Waals surface area contributed by atoms with E-state index in [0.717, 1.165) is 13.1 Å². The van der Waals surface area contributed by atoms with Crippen LogP contribution in [0, 0.1) is 0 Å². The molecule has 2 aromatic rings.